The molecule has 0 saturated heterocycles. The number of fused-ring (bicyclic) bond motifs is 1. The van der Waals surface area contributed by atoms with Crippen molar-refractivity contribution in [2.45, 2.75) is 70.4 Å². The number of benzene rings is 3. The highest BCUT2D eigenvalue weighted by Crippen LogP contribution is 2.40. The summed E-state index contributed by atoms with van der Waals surface area (Å²) in [5, 5.41) is 0. The first-order valence-electron chi connectivity index (χ1n) is 14.2. The van der Waals surface area contributed by atoms with Gasteiger partial charge in [-0.25, -0.2) is 9.18 Å². The standard InChI is InChI=1S/C33H36FNO6/c1-3-39-33(37)28-19-27-24(15-18-29(38-2)31(27)40-21-22-9-5-4-6-10-22)20-35(28)32(36)30(41-26-11-7-8-12-26)23-13-16-25(34)17-14-23/h4-6,9-10,13-18,26,28,30H,3,7-8,11-12,19-21H2,1-2H3/t28-,30?/m0/s1. The number of esters is 1. The lowest BCUT2D eigenvalue weighted by atomic mass is 9.91. The van der Waals surface area contributed by atoms with Crippen molar-refractivity contribution in [2.24, 2.45) is 0 Å². The molecule has 1 heterocycles. The average molecular weight is 562 g/mol. The second-order valence-electron chi connectivity index (χ2n) is 10.4. The molecule has 2 atom stereocenters. The number of carbonyl (C=O) groups excluding carboxylic acids is 2. The maximum absolute atomic E-state index is 14.3. The van der Waals surface area contributed by atoms with Crippen LogP contribution in [-0.4, -0.2) is 42.6 Å². The first-order chi connectivity index (χ1) is 20.0. The molecule has 1 saturated carbocycles. The molecule has 0 spiro atoms. The molecule has 0 N–H and O–H groups in total. The summed E-state index contributed by atoms with van der Waals surface area (Å²) < 4.78 is 37.5. The van der Waals surface area contributed by atoms with E-state index < -0.39 is 23.9 Å². The van der Waals surface area contributed by atoms with E-state index in [1.54, 1.807) is 26.2 Å². The monoisotopic (exact) mass is 561 g/mol. The van der Waals surface area contributed by atoms with Gasteiger partial charge in [0.2, 0.25) is 0 Å². The van der Waals surface area contributed by atoms with E-state index in [0.29, 0.717) is 23.7 Å². The zero-order chi connectivity index (χ0) is 28.8. The minimum atomic E-state index is -0.968. The van der Waals surface area contributed by atoms with E-state index in [2.05, 4.69) is 0 Å². The van der Waals surface area contributed by atoms with Crippen LogP contribution in [0, 0.1) is 5.82 Å². The van der Waals surface area contributed by atoms with E-state index in [1.165, 1.54) is 17.0 Å². The predicted octanol–water partition coefficient (Wildman–Crippen LogP) is 5.93. The maximum Gasteiger partial charge on any atom is 0.329 e. The van der Waals surface area contributed by atoms with Crippen molar-refractivity contribution in [1.29, 1.82) is 0 Å². The molecule has 1 unspecified atom stereocenters. The molecule has 5 rings (SSSR count). The Bertz CT molecular complexity index is 1340. The van der Waals surface area contributed by atoms with E-state index in [4.69, 9.17) is 18.9 Å². The summed E-state index contributed by atoms with van der Waals surface area (Å²) in [6, 6.07) is 18.4. The Hall–Kier alpha value is -3.91. The van der Waals surface area contributed by atoms with Gasteiger partial charge in [0, 0.05) is 18.5 Å². The van der Waals surface area contributed by atoms with Crippen molar-refractivity contribution in [3.63, 3.8) is 0 Å². The van der Waals surface area contributed by atoms with Gasteiger partial charge in [-0.3, -0.25) is 4.79 Å². The molecule has 1 amide bonds. The lowest BCUT2D eigenvalue weighted by molar-refractivity contribution is -0.163. The highest BCUT2D eigenvalue weighted by atomic mass is 19.1. The van der Waals surface area contributed by atoms with Crippen LogP contribution in [0.1, 0.15) is 61.0 Å². The third-order valence-electron chi connectivity index (χ3n) is 7.75. The molecule has 216 valence electrons. The van der Waals surface area contributed by atoms with Gasteiger partial charge in [-0.05, 0) is 54.7 Å². The molecule has 3 aromatic carbocycles. The lowest BCUT2D eigenvalue weighted by Crippen LogP contribution is -2.51. The normalized spacial score (nSPS) is 17.5. The first-order valence-corrected chi connectivity index (χ1v) is 14.2. The third kappa shape index (κ3) is 6.54. The Morgan fingerprint density at radius 2 is 1.73 bits per heavy atom. The van der Waals surface area contributed by atoms with Gasteiger partial charge in [0.1, 0.15) is 18.5 Å². The summed E-state index contributed by atoms with van der Waals surface area (Å²) in [6.45, 7) is 2.40. The topological polar surface area (TPSA) is 74.3 Å². The summed E-state index contributed by atoms with van der Waals surface area (Å²) in [5.74, 6) is -0.144. The van der Waals surface area contributed by atoms with Crippen molar-refractivity contribution in [3.05, 3.63) is 94.8 Å². The van der Waals surface area contributed by atoms with E-state index in [9.17, 15) is 14.0 Å². The fraction of sp³-hybridized carbons (Fsp3) is 0.394. The number of hydrogen-bond acceptors (Lipinski definition) is 6. The zero-order valence-corrected chi connectivity index (χ0v) is 23.5. The van der Waals surface area contributed by atoms with Crippen molar-refractivity contribution in [1.82, 2.24) is 4.90 Å². The van der Waals surface area contributed by atoms with Crippen LogP contribution in [0.5, 0.6) is 11.5 Å². The van der Waals surface area contributed by atoms with Gasteiger partial charge in [0.05, 0.1) is 19.8 Å². The maximum atomic E-state index is 14.3. The number of rotatable bonds is 10. The Balaban J connectivity index is 1.49. The van der Waals surface area contributed by atoms with Crippen molar-refractivity contribution < 1.29 is 32.9 Å². The molecule has 0 radical (unpaired) electrons. The van der Waals surface area contributed by atoms with E-state index in [-0.39, 0.29) is 31.6 Å². The fourth-order valence-electron chi connectivity index (χ4n) is 5.63. The van der Waals surface area contributed by atoms with Crippen molar-refractivity contribution in [2.75, 3.05) is 13.7 Å². The van der Waals surface area contributed by atoms with E-state index >= 15 is 0 Å². The third-order valence-corrected chi connectivity index (χ3v) is 7.75. The highest BCUT2D eigenvalue weighted by Gasteiger charge is 2.41. The minimum Gasteiger partial charge on any atom is -0.493 e. The van der Waals surface area contributed by atoms with Crippen LogP contribution in [-0.2, 0) is 38.6 Å². The van der Waals surface area contributed by atoms with E-state index in [0.717, 1.165) is 42.4 Å². The molecule has 8 heteroatoms. The minimum absolute atomic E-state index is 0.0747. The van der Waals surface area contributed by atoms with Gasteiger partial charge in [-0.1, -0.05) is 61.4 Å². The van der Waals surface area contributed by atoms with Gasteiger partial charge in [0.25, 0.3) is 5.91 Å². The smallest absolute Gasteiger partial charge is 0.329 e. The molecule has 0 aromatic heterocycles. The second kappa shape index (κ2) is 13.2. The number of nitrogens with zero attached hydrogens (tertiary/aromatic N) is 1. The Kier molecular flexibility index (Phi) is 9.19. The number of amides is 1. The molecular weight excluding hydrogens is 525 g/mol. The molecule has 1 aliphatic heterocycles. The van der Waals surface area contributed by atoms with Gasteiger partial charge < -0.3 is 23.8 Å². The van der Waals surface area contributed by atoms with Crippen LogP contribution in [0.4, 0.5) is 4.39 Å². The molecular formula is C33H36FNO6. The SMILES string of the molecule is CCOC(=O)[C@@H]1Cc2c(ccc(OC)c2OCc2ccccc2)CN1C(=O)C(OC1CCCC1)c1ccc(F)cc1. The van der Waals surface area contributed by atoms with Gasteiger partial charge in [-0.15, -0.1) is 0 Å². The van der Waals surface area contributed by atoms with Crippen LogP contribution in [0.25, 0.3) is 0 Å². The second-order valence-corrected chi connectivity index (χ2v) is 10.4. The lowest BCUT2D eigenvalue weighted by Gasteiger charge is -2.38. The summed E-state index contributed by atoms with van der Waals surface area (Å²) in [4.78, 5) is 29.1. The molecule has 2 aliphatic rings. The largest absolute Gasteiger partial charge is 0.493 e. The molecule has 0 bridgehead atoms. The number of hydrogen-bond donors (Lipinski definition) is 0. The number of halogens is 1. The first kappa shape index (κ1) is 28.6. The van der Waals surface area contributed by atoms with Crippen molar-refractivity contribution >= 4 is 11.9 Å². The number of methoxy groups -OCH3 is 1. The van der Waals surface area contributed by atoms with Gasteiger partial charge in [-0.2, -0.15) is 0 Å². The van der Waals surface area contributed by atoms with Crippen LogP contribution in [0.3, 0.4) is 0 Å². The molecule has 41 heavy (non-hydrogen) atoms. The summed E-state index contributed by atoms with van der Waals surface area (Å²) in [7, 11) is 1.58. The number of ether oxygens (including phenoxy) is 4. The van der Waals surface area contributed by atoms with Crippen LogP contribution < -0.4 is 9.47 Å². The molecule has 1 fully saturated rings. The Morgan fingerprint density at radius 1 is 1.00 bits per heavy atom. The van der Waals surface area contributed by atoms with Crippen molar-refractivity contribution in [3.8, 4) is 11.5 Å². The predicted molar refractivity (Wildman–Crippen MR) is 151 cm³/mol. The molecule has 1 aliphatic carbocycles. The van der Waals surface area contributed by atoms with Crippen LogP contribution in [0.15, 0.2) is 66.7 Å². The summed E-state index contributed by atoms with van der Waals surface area (Å²) in [6.07, 6.45) is 2.93. The Morgan fingerprint density at radius 3 is 2.41 bits per heavy atom. The number of carbonyl (C=O) groups is 2. The summed E-state index contributed by atoms with van der Waals surface area (Å²) >= 11 is 0. The van der Waals surface area contributed by atoms with Crippen LogP contribution >= 0.6 is 0 Å². The average Bonchev–Trinajstić information content (AvgIpc) is 3.52. The van der Waals surface area contributed by atoms with E-state index in [1.807, 2.05) is 42.5 Å². The van der Waals surface area contributed by atoms with Gasteiger partial charge >= 0.3 is 5.97 Å². The fourth-order valence-corrected chi connectivity index (χ4v) is 5.63. The zero-order valence-electron chi connectivity index (χ0n) is 23.5. The highest BCUT2D eigenvalue weighted by molar-refractivity contribution is 5.89. The van der Waals surface area contributed by atoms with Crippen LogP contribution in [0.2, 0.25) is 0 Å². The van der Waals surface area contributed by atoms with Gasteiger partial charge in [0.15, 0.2) is 17.6 Å². The molecule has 3 aromatic rings. The Labute approximate surface area is 240 Å². The summed E-state index contributed by atoms with van der Waals surface area (Å²) in [5.41, 5.74) is 3.20. The quantitative estimate of drug-likeness (QED) is 0.286. The molecule has 7 nitrogen and oxygen atoms in total.